The number of alkyl halides is 6. The molecule has 25 heavy (non-hydrogen) atoms. The maximum Gasteiger partial charge on any atom is 0.416 e. The molecule has 0 saturated heterocycles. The van der Waals surface area contributed by atoms with Gasteiger partial charge in [0.1, 0.15) is 0 Å². The summed E-state index contributed by atoms with van der Waals surface area (Å²) in [5.41, 5.74) is -2.43. The molecule has 11 heteroatoms. The predicted molar refractivity (Wildman–Crippen MR) is 83.0 cm³/mol. The van der Waals surface area contributed by atoms with E-state index in [2.05, 4.69) is 20.6 Å². The van der Waals surface area contributed by atoms with Gasteiger partial charge in [0.2, 0.25) is 0 Å². The highest BCUT2D eigenvalue weighted by Gasteiger charge is 2.36. The molecular weight excluding hydrogens is 370 g/mol. The van der Waals surface area contributed by atoms with Gasteiger partial charge >= 0.3 is 12.4 Å². The fourth-order valence-electron chi connectivity index (χ4n) is 1.93. The average Bonchev–Trinajstić information content (AvgIpc) is 2.98. The summed E-state index contributed by atoms with van der Waals surface area (Å²) in [6.07, 6.45) is -6.26. The molecule has 0 aliphatic carbocycles. The standard InChI is InChI=1S/C14H12F6N4S/c15-13(16,17)8-3-9(14(18,19)20)5-11(4-8)24-12(25)22-2-1-10-6-21-7-23-10/h3-7H,1-2H2,(H,21,23)(H2,22,24,25). The van der Waals surface area contributed by atoms with E-state index in [1.54, 1.807) is 6.20 Å². The lowest BCUT2D eigenvalue weighted by Gasteiger charge is -2.16. The summed E-state index contributed by atoms with van der Waals surface area (Å²) in [6, 6.07) is 1.19. The van der Waals surface area contributed by atoms with E-state index in [1.807, 2.05) is 0 Å². The maximum atomic E-state index is 12.8. The van der Waals surface area contributed by atoms with Gasteiger partial charge in [0.15, 0.2) is 5.11 Å². The number of aromatic nitrogens is 2. The quantitative estimate of drug-likeness (QED) is 0.553. The number of nitrogens with one attached hydrogen (secondary N) is 3. The third-order valence-corrected chi connectivity index (χ3v) is 3.33. The van der Waals surface area contributed by atoms with Crippen molar-refractivity contribution in [1.29, 1.82) is 0 Å². The van der Waals surface area contributed by atoms with Crippen LogP contribution in [0.15, 0.2) is 30.7 Å². The number of anilines is 1. The van der Waals surface area contributed by atoms with Crippen LogP contribution in [0.5, 0.6) is 0 Å². The number of thiocarbonyl (C=S) groups is 1. The zero-order valence-electron chi connectivity index (χ0n) is 12.4. The first kappa shape index (κ1) is 19.0. The molecular formula is C14H12F6N4S. The van der Waals surface area contributed by atoms with Crippen molar-refractivity contribution in [3.05, 3.63) is 47.5 Å². The molecule has 0 amide bonds. The molecule has 0 bridgehead atoms. The Labute approximate surface area is 143 Å². The van der Waals surface area contributed by atoms with Crippen LogP contribution in [-0.2, 0) is 18.8 Å². The number of H-pyrrole nitrogens is 1. The van der Waals surface area contributed by atoms with Crippen LogP contribution in [0.2, 0.25) is 0 Å². The molecule has 1 aromatic heterocycles. The zero-order valence-corrected chi connectivity index (χ0v) is 13.2. The molecule has 0 fully saturated rings. The SMILES string of the molecule is FC(F)(F)c1cc(NC(=S)NCCc2cnc[nH]2)cc(C(F)(F)F)c1. The van der Waals surface area contributed by atoms with Crippen molar-refractivity contribution in [2.45, 2.75) is 18.8 Å². The number of halogens is 6. The summed E-state index contributed by atoms with van der Waals surface area (Å²) < 4.78 is 76.7. The number of nitrogens with zero attached hydrogens (tertiary/aromatic N) is 1. The monoisotopic (exact) mass is 382 g/mol. The lowest BCUT2D eigenvalue weighted by Crippen LogP contribution is -2.30. The van der Waals surface area contributed by atoms with Gasteiger partial charge in [-0.2, -0.15) is 26.3 Å². The van der Waals surface area contributed by atoms with Crippen LogP contribution in [0.3, 0.4) is 0 Å². The highest BCUT2D eigenvalue weighted by atomic mass is 32.1. The zero-order chi connectivity index (χ0) is 18.7. The molecule has 4 nitrogen and oxygen atoms in total. The van der Waals surface area contributed by atoms with Crippen LogP contribution in [0.1, 0.15) is 16.8 Å². The van der Waals surface area contributed by atoms with E-state index in [4.69, 9.17) is 12.2 Å². The van der Waals surface area contributed by atoms with Gasteiger partial charge in [-0.3, -0.25) is 0 Å². The van der Waals surface area contributed by atoms with Crippen molar-refractivity contribution in [1.82, 2.24) is 15.3 Å². The van der Waals surface area contributed by atoms with E-state index < -0.39 is 29.2 Å². The molecule has 0 aliphatic heterocycles. The third-order valence-electron chi connectivity index (χ3n) is 3.08. The van der Waals surface area contributed by atoms with Gasteiger partial charge in [0.05, 0.1) is 17.5 Å². The number of hydrogen-bond donors (Lipinski definition) is 3. The summed E-state index contributed by atoms with van der Waals surface area (Å²) in [5, 5.41) is 4.95. The highest BCUT2D eigenvalue weighted by molar-refractivity contribution is 7.80. The van der Waals surface area contributed by atoms with Gasteiger partial charge in [-0.25, -0.2) is 4.98 Å². The van der Waals surface area contributed by atoms with E-state index in [0.717, 1.165) is 5.69 Å². The molecule has 136 valence electrons. The minimum Gasteiger partial charge on any atom is -0.362 e. The van der Waals surface area contributed by atoms with Gasteiger partial charge < -0.3 is 15.6 Å². The molecule has 1 heterocycles. The maximum absolute atomic E-state index is 12.8. The summed E-state index contributed by atoms with van der Waals surface area (Å²) in [6.45, 7) is 0.319. The van der Waals surface area contributed by atoms with E-state index in [1.165, 1.54) is 6.33 Å². The average molecular weight is 382 g/mol. The van der Waals surface area contributed by atoms with Gasteiger partial charge in [-0.15, -0.1) is 0 Å². The van der Waals surface area contributed by atoms with Crippen molar-refractivity contribution in [2.75, 3.05) is 11.9 Å². The Morgan fingerprint density at radius 3 is 2.12 bits per heavy atom. The summed E-state index contributed by atoms with van der Waals surface area (Å²) in [4.78, 5) is 6.65. The van der Waals surface area contributed by atoms with Crippen LogP contribution in [-0.4, -0.2) is 21.6 Å². The van der Waals surface area contributed by atoms with E-state index in [9.17, 15) is 26.3 Å². The number of imidazole rings is 1. The third kappa shape index (κ3) is 5.62. The first-order valence-corrected chi connectivity index (χ1v) is 7.28. The second-order valence-electron chi connectivity index (χ2n) is 5.00. The van der Waals surface area contributed by atoms with Crippen molar-refractivity contribution in [3.8, 4) is 0 Å². The topological polar surface area (TPSA) is 52.7 Å². The Morgan fingerprint density at radius 1 is 1.04 bits per heavy atom. The van der Waals surface area contributed by atoms with Crippen molar-refractivity contribution < 1.29 is 26.3 Å². The largest absolute Gasteiger partial charge is 0.416 e. The smallest absolute Gasteiger partial charge is 0.362 e. The van der Waals surface area contributed by atoms with Gasteiger partial charge in [-0.05, 0) is 30.4 Å². The molecule has 2 rings (SSSR count). The molecule has 0 atom stereocenters. The predicted octanol–water partition coefficient (Wildman–Crippen LogP) is 3.98. The van der Waals surface area contributed by atoms with Crippen molar-refractivity contribution in [3.63, 3.8) is 0 Å². The fraction of sp³-hybridized carbons (Fsp3) is 0.286. The number of aromatic amines is 1. The molecule has 3 N–H and O–H groups in total. The molecule has 0 saturated carbocycles. The first-order chi connectivity index (χ1) is 11.6. The Balaban J connectivity index is 2.08. The van der Waals surface area contributed by atoms with Crippen LogP contribution < -0.4 is 10.6 Å². The Kier molecular flexibility index (Phi) is 5.55. The van der Waals surface area contributed by atoms with Crippen molar-refractivity contribution in [2.24, 2.45) is 0 Å². The molecule has 1 aromatic carbocycles. The molecule has 2 aromatic rings. The molecule has 0 spiro atoms. The summed E-state index contributed by atoms with van der Waals surface area (Å²) in [5.74, 6) is 0. The Hall–Kier alpha value is -2.30. The molecule has 0 radical (unpaired) electrons. The number of rotatable bonds is 4. The van der Waals surface area contributed by atoms with Gasteiger partial charge in [0, 0.05) is 30.5 Å². The molecule has 0 unspecified atom stereocenters. The second kappa shape index (κ2) is 7.30. The normalized spacial score (nSPS) is 12.1. The van der Waals surface area contributed by atoms with E-state index in [0.29, 0.717) is 25.1 Å². The van der Waals surface area contributed by atoms with Crippen LogP contribution in [0.4, 0.5) is 32.0 Å². The first-order valence-electron chi connectivity index (χ1n) is 6.87. The second-order valence-corrected chi connectivity index (χ2v) is 5.41. The lowest BCUT2D eigenvalue weighted by atomic mass is 10.1. The van der Waals surface area contributed by atoms with Crippen molar-refractivity contribution >= 4 is 23.0 Å². The Morgan fingerprint density at radius 2 is 1.64 bits per heavy atom. The minimum absolute atomic E-state index is 0.0555. The van der Waals surface area contributed by atoms with E-state index >= 15 is 0 Å². The Bertz CT molecular complexity index is 692. The van der Waals surface area contributed by atoms with Crippen LogP contribution >= 0.6 is 12.2 Å². The minimum atomic E-state index is -4.91. The summed E-state index contributed by atoms with van der Waals surface area (Å²) in [7, 11) is 0. The van der Waals surface area contributed by atoms with E-state index in [-0.39, 0.29) is 11.2 Å². The molecule has 0 aliphatic rings. The number of hydrogen-bond acceptors (Lipinski definition) is 2. The van der Waals surface area contributed by atoms with Gasteiger partial charge in [-0.1, -0.05) is 0 Å². The van der Waals surface area contributed by atoms with Crippen LogP contribution in [0.25, 0.3) is 0 Å². The summed E-state index contributed by atoms with van der Waals surface area (Å²) >= 11 is 4.89. The lowest BCUT2D eigenvalue weighted by molar-refractivity contribution is -0.143. The van der Waals surface area contributed by atoms with Gasteiger partial charge in [0.25, 0.3) is 0 Å². The fourth-order valence-corrected chi connectivity index (χ4v) is 2.15. The highest BCUT2D eigenvalue weighted by Crippen LogP contribution is 2.37. The van der Waals surface area contributed by atoms with Crippen LogP contribution in [0, 0.1) is 0 Å². The number of benzene rings is 1.